The number of aliphatic hydroxyl groups excluding tert-OH is 1. The highest BCUT2D eigenvalue weighted by molar-refractivity contribution is 7.92. The molecule has 1 heterocycles. The summed E-state index contributed by atoms with van der Waals surface area (Å²) >= 11 is 6.30. The van der Waals surface area contributed by atoms with Crippen LogP contribution in [0.2, 0.25) is 5.02 Å². The first-order valence-electron chi connectivity index (χ1n) is 15.7. The molecule has 2 bridgehead atoms. The van der Waals surface area contributed by atoms with Crippen LogP contribution < -0.4 is 5.32 Å². The topological polar surface area (TPSA) is 150 Å². The third kappa shape index (κ3) is 7.08. The molecule has 5 rings (SSSR count). The highest BCUT2D eigenvalue weighted by Gasteiger charge is 2.56. The quantitative estimate of drug-likeness (QED) is 0.307. The normalized spacial score (nSPS) is 27.2. The van der Waals surface area contributed by atoms with E-state index in [0.717, 1.165) is 6.07 Å². The monoisotopic (exact) mass is 714 g/mol. The number of hydrogen-bond donors (Lipinski definition) is 3. The lowest BCUT2D eigenvalue weighted by Gasteiger charge is -2.43. The molecule has 2 saturated carbocycles. The molecule has 2 aromatic rings. The molecule has 262 valence electrons. The molecule has 3 fully saturated rings. The lowest BCUT2D eigenvalue weighted by Crippen LogP contribution is -2.50. The van der Waals surface area contributed by atoms with Crippen molar-refractivity contribution in [3.8, 4) is 0 Å². The molecule has 6 atom stereocenters. The Balaban J connectivity index is 1.27. The molecule has 0 aromatic heterocycles. The van der Waals surface area contributed by atoms with Gasteiger partial charge >= 0.3 is 6.09 Å². The number of carbonyl (C=O) groups is 3. The molecule has 2 amide bonds. The van der Waals surface area contributed by atoms with E-state index in [-0.39, 0.29) is 59.8 Å². The first-order valence-corrected chi connectivity index (χ1v) is 17.7. The van der Waals surface area contributed by atoms with Crippen molar-refractivity contribution in [2.45, 2.75) is 99.2 Å². The van der Waals surface area contributed by atoms with Gasteiger partial charge in [0.1, 0.15) is 11.6 Å². The van der Waals surface area contributed by atoms with Gasteiger partial charge in [0.05, 0.1) is 26.9 Å². The van der Waals surface area contributed by atoms with Crippen LogP contribution in [-0.4, -0.2) is 76.5 Å². The Labute approximate surface area is 281 Å². The van der Waals surface area contributed by atoms with Gasteiger partial charge in [-0.1, -0.05) is 11.6 Å². The van der Waals surface area contributed by atoms with Crippen LogP contribution in [0.25, 0.3) is 0 Å². The summed E-state index contributed by atoms with van der Waals surface area (Å²) in [7, 11) is -4.15. The standard InChI is InChI=1S/C33H38ClF3N2O8S/c1-32(2,3)47-31(43)39-11-9-26(41)29(39)25(40)8-10-33(44)18-5-6-19(33)14-21(13-18)48(45,46)27-12-17(4-7-22(27)34)30(42)38-20-15-23(35)28(37)24(36)16-20/h4,7,12,15-16,18-19,21,26,29,41,44H,5-6,8-11,13-14H2,1-3H3,(H,38,42)/t18-,19?,21?,26-,29+,33?/m0/s1. The summed E-state index contributed by atoms with van der Waals surface area (Å²) in [5.41, 5.74) is -2.69. The second-order valence-electron chi connectivity index (χ2n) is 13.9. The summed E-state index contributed by atoms with van der Waals surface area (Å²) in [6, 6.07) is 3.58. The minimum absolute atomic E-state index is 0.0281. The number of carbonyl (C=O) groups excluding carboxylic acids is 3. The van der Waals surface area contributed by atoms with E-state index < -0.39 is 85.5 Å². The summed E-state index contributed by atoms with van der Waals surface area (Å²) in [5.74, 6) is -6.99. The maximum absolute atomic E-state index is 13.9. The summed E-state index contributed by atoms with van der Waals surface area (Å²) in [5, 5.41) is 23.5. The number of ketones is 1. The number of rotatable bonds is 8. The van der Waals surface area contributed by atoms with Crippen molar-refractivity contribution < 1.29 is 50.9 Å². The number of sulfone groups is 1. The minimum atomic E-state index is -4.15. The Kier molecular flexibility index (Phi) is 9.97. The van der Waals surface area contributed by atoms with Crippen molar-refractivity contribution in [1.82, 2.24) is 4.90 Å². The maximum atomic E-state index is 13.9. The fraction of sp³-hybridized carbons (Fsp3) is 0.545. The summed E-state index contributed by atoms with van der Waals surface area (Å²) < 4.78 is 73.8. The van der Waals surface area contributed by atoms with E-state index in [1.54, 1.807) is 20.8 Å². The predicted molar refractivity (Wildman–Crippen MR) is 169 cm³/mol. The van der Waals surface area contributed by atoms with E-state index in [1.807, 2.05) is 0 Å². The third-order valence-electron chi connectivity index (χ3n) is 9.65. The zero-order valence-electron chi connectivity index (χ0n) is 26.6. The Morgan fingerprint density at radius 1 is 1.04 bits per heavy atom. The van der Waals surface area contributed by atoms with Crippen molar-refractivity contribution in [3.63, 3.8) is 0 Å². The van der Waals surface area contributed by atoms with E-state index in [2.05, 4.69) is 5.32 Å². The summed E-state index contributed by atoms with van der Waals surface area (Å²) in [6.07, 6.45) is -0.483. The molecular weight excluding hydrogens is 677 g/mol. The van der Waals surface area contributed by atoms with E-state index in [1.165, 1.54) is 17.0 Å². The average Bonchev–Trinajstić information content (AvgIpc) is 3.41. The van der Waals surface area contributed by atoms with Crippen molar-refractivity contribution in [2.75, 3.05) is 11.9 Å². The van der Waals surface area contributed by atoms with Gasteiger partial charge < -0.3 is 20.3 Å². The maximum Gasteiger partial charge on any atom is 0.410 e. The summed E-state index contributed by atoms with van der Waals surface area (Å²) in [4.78, 5) is 39.8. The molecule has 15 heteroatoms. The van der Waals surface area contributed by atoms with Gasteiger partial charge in [-0.25, -0.2) is 26.4 Å². The zero-order valence-corrected chi connectivity index (χ0v) is 28.2. The highest BCUT2D eigenvalue weighted by Crippen LogP contribution is 2.54. The van der Waals surface area contributed by atoms with Crippen LogP contribution in [0.15, 0.2) is 35.2 Å². The smallest absolute Gasteiger partial charge is 0.410 e. The van der Waals surface area contributed by atoms with Crippen LogP contribution >= 0.6 is 11.6 Å². The van der Waals surface area contributed by atoms with E-state index in [4.69, 9.17) is 16.3 Å². The van der Waals surface area contributed by atoms with Gasteiger partial charge in [0, 0.05) is 36.3 Å². The van der Waals surface area contributed by atoms with E-state index in [9.17, 15) is 46.2 Å². The van der Waals surface area contributed by atoms with Crippen LogP contribution in [0.3, 0.4) is 0 Å². The van der Waals surface area contributed by atoms with Gasteiger partial charge in [0.25, 0.3) is 5.91 Å². The molecule has 2 aliphatic carbocycles. The lowest BCUT2D eigenvalue weighted by molar-refractivity contribution is -0.129. The fourth-order valence-corrected chi connectivity index (χ4v) is 9.71. The number of nitrogens with one attached hydrogen (secondary N) is 1. The van der Waals surface area contributed by atoms with E-state index >= 15 is 0 Å². The number of benzene rings is 2. The fourth-order valence-electron chi connectivity index (χ4n) is 7.31. The molecule has 1 aliphatic heterocycles. The highest BCUT2D eigenvalue weighted by atomic mass is 35.5. The van der Waals surface area contributed by atoms with Crippen LogP contribution in [0, 0.1) is 29.3 Å². The van der Waals surface area contributed by atoms with Gasteiger partial charge in [-0.3, -0.25) is 14.5 Å². The molecule has 3 unspecified atom stereocenters. The second-order valence-corrected chi connectivity index (χ2v) is 16.5. The third-order valence-corrected chi connectivity index (χ3v) is 12.3. The number of nitrogens with zero attached hydrogens (tertiary/aromatic N) is 1. The van der Waals surface area contributed by atoms with Crippen LogP contribution in [0.1, 0.15) is 76.1 Å². The number of likely N-dealkylation sites (tertiary alicyclic amines) is 1. The largest absolute Gasteiger partial charge is 0.444 e. The Morgan fingerprint density at radius 3 is 2.23 bits per heavy atom. The van der Waals surface area contributed by atoms with Gasteiger partial charge in [0.2, 0.25) is 0 Å². The number of halogens is 4. The zero-order chi connectivity index (χ0) is 35.3. The van der Waals surface area contributed by atoms with Gasteiger partial charge in [0.15, 0.2) is 33.1 Å². The average molecular weight is 715 g/mol. The molecule has 0 radical (unpaired) electrons. The number of Topliss-reactive ketones (excluding diaryl/α,β-unsaturated/α-hetero) is 1. The first kappa shape index (κ1) is 36.1. The molecule has 10 nitrogen and oxygen atoms in total. The second kappa shape index (κ2) is 13.3. The van der Waals surface area contributed by atoms with Gasteiger partial charge in [-0.05, 0) is 89.3 Å². The van der Waals surface area contributed by atoms with Crippen LogP contribution in [0.5, 0.6) is 0 Å². The molecular formula is C33H38ClF3N2O8S. The minimum Gasteiger partial charge on any atom is -0.444 e. The van der Waals surface area contributed by atoms with Crippen molar-refractivity contribution in [1.29, 1.82) is 0 Å². The molecule has 3 aliphatic rings. The molecule has 3 N–H and O–H groups in total. The lowest BCUT2D eigenvalue weighted by atomic mass is 9.71. The molecule has 48 heavy (non-hydrogen) atoms. The van der Waals surface area contributed by atoms with Crippen LogP contribution in [0.4, 0.5) is 23.7 Å². The number of fused-ring (bicyclic) bond motifs is 2. The Bertz CT molecular complexity index is 1700. The first-order chi connectivity index (χ1) is 22.3. The van der Waals surface area contributed by atoms with Crippen LogP contribution in [-0.2, 0) is 19.4 Å². The van der Waals surface area contributed by atoms with E-state index in [0.29, 0.717) is 25.0 Å². The Morgan fingerprint density at radius 2 is 1.65 bits per heavy atom. The molecule has 1 saturated heterocycles. The van der Waals surface area contributed by atoms with Gasteiger partial charge in [-0.15, -0.1) is 0 Å². The van der Waals surface area contributed by atoms with Crippen molar-refractivity contribution in [2.24, 2.45) is 11.8 Å². The molecule has 0 spiro atoms. The summed E-state index contributed by atoms with van der Waals surface area (Å²) in [6.45, 7) is 5.23. The number of anilines is 1. The molecule has 2 aromatic carbocycles. The number of amides is 2. The SMILES string of the molecule is CC(C)(C)OC(=O)N1CC[C@H](O)[C@H]1C(=O)CCC1(O)C2CC[C@H]1CC(S(=O)(=O)c1cc(C(=O)Nc3cc(F)c(F)c(F)c3)ccc1Cl)C2. The Hall–Kier alpha value is -3.20. The number of hydrogen-bond acceptors (Lipinski definition) is 8. The van der Waals surface area contributed by atoms with Crippen molar-refractivity contribution in [3.05, 3.63) is 58.4 Å². The predicted octanol–water partition coefficient (Wildman–Crippen LogP) is 5.42. The van der Waals surface area contributed by atoms with Crippen molar-refractivity contribution >= 4 is 44.9 Å². The van der Waals surface area contributed by atoms with Gasteiger partial charge in [-0.2, -0.15) is 0 Å². The number of ether oxygens (including phenoxy) is 1. The number of aliphatic hydroxyl groups is 2.